The first kappa shape index (κ1) is 26.6. The number of rotatable bonds is 7. The van der Waals surface area contributed by atoms with Gasteiger partial charge in [-0.1, -0.05) is 6.92 Å². The van der Waals surface area contributed by atoms with Gasteiger partial charge in [0.1, 0.15) is 5.82 Å². The van der Waals surface area contributed by atoms with Gasteiger partial charge in [0.15, 0.2) is 5.96 Å². The van der Waals surface area contributed by atoms with Gasteiger partial charge in [-0.15, -0.1) is 24.0 Å². The van der Waals surface area contributed by atoms with Gasteiger partial charge in [0.2, 0.25) is 0 Å². The smallest absolute Gasteiger partial charge is 0.309 e. The van der Waals surface area contributed by atoms with Crippen LogP contribution in [0, 0.1) is 5.92 Å². The van der Waals surface area contributed by atoms with Crippen LogP contribution >= 0.6 is 24.0 Å². The van der Waals surface area contributed by atoms with Crippen molar-refractivity contribution in [2.24, 2.45) is 10.9 Å². The van der Waals surface area contributed by atoms with Crippen LogP contribution in [0.2, 0.25) is 0 Å². The minimum Gasteiger partial charge on any atom is -0.466 e. The SMILES string of the molecule is CCNC(=NCc1ccnc(N2CCN(CC)CC2)c1)N1CCC(C(=O)OCC)CC1.I. The van der Waals surface area contributed by atoms with Crippen LogP contribution in [0.3, 0.4) is 0 Å². The van der Waals surface area contributed by atoms with E-state index in [-0.39, 0.29) is 35.9 Å². The van der Waals surface area contributed by atoms with Gasteiger partial charge in [0, 0.05) is 52.0 Å². The number of nitrogens with one attached hydrogen (secondary N) is 1. The Labute approximate surface area is 209 Å². The summed E-state index contributed by atoms with van der Waals surface area (Å²) < 4.78 is 5.19. The lowest BCUT2D eigenvalue weighted by atomic mass is 9.97. The maximum atomic E-state index is 12.0. The summed E-state index contributed by atoms with van der Waals surface area (Å²) >= 11 is 0. The molecule has 0 saturated carbocycles. The van der Waals surface area contributed by atoms with Crippen LogP contribution in [-0.2, 0) is 16.1 Å². The fourth-order valence-electron chi connectivity index (χ4n) is 4.20. The third-order valence-corrected chi connectivity index (χ3v) is 6.11. The topological polar surface area (TPSA) is 73.3 Å². The summed E-state index contributed by atoms with van der Waals surface area (Å²) in [7, 11) is 0. The molecule has 0 aromatic carbocycles. The van der Waals surface area contributed by atoms with Gasteiger partial charge in [-0.2, -0.15) is 0 Å². The van der Waals surface area contributed by atoms with Crippen LogP contribution in [0.4, 0.5) is 5.82 Å². The van der Waals surface area contributed by atoms with E-state index in [1.54, 1.807) is 0 Å². The van der Waals surface area contributed by atoms with Gasteiger partial charge in [0.05, 0.1) is 19.1 Å². The van der Waals surface area contributed by atoms with Crippen LogP contribution in [0.5, 0.6) is 0 Å². The molecule has 0 radical (unpaired) electrons. The molecule has 2 saturated heterocycles. The Balaban J connectivity index is 0.00000363. The van der Waals surface area contributed by atoms with E-state index in [4.69, 9.17) is 9.73 Å². The van der Waals surface area contributed by atoms with Gasteiger partial charge in [0.25, 0.3) is 0 Å². The highest BCUT2D eigenvalue weighted by Crippen LogP contribution is 2.20. The Bertz CT molecular complexity index is 731. The molecule has 9 heteroatoms. The monoisotopic (exact) mass is 558 g/mol. The van der Waals surface area contributed by atoms with E-state index in [0.29, 0.717) is 13.2 Å². The maximum Gasteiger partial charge on any atom is 0.309 e. The van der Waals surface area contributed by atoms with Crippen molar-refractivity contribution in [3.05, 3.63) is 23.9 Å². The quantitative estimate of drug-likeness (QED) is 0.239. The number of hydrogen-bond donors (Lipinski definition) is 1. The Hall–Kier alpha value is -1.62. The Morgan fingerprint density at radius 1 is 1.16 bits per heavy atom. The Morgan fingerprint density at radius 3 is 2.50 bits per heavy atom. The second kappa shape index (κ2) is 13.8. The van der Waals surface area contributed by atoms with Crippen LogP contribution in [0.1, 0.15) is 39.2 Å². The van der Waals surface area contributed by atoms with Crippen molar-refractivity contribution in [2.45, 2.75) is 40.2 Å². The number of piperidine rings is 1. The van der Waals surface area contributed by atoms with Crippen LogP contribution in [0.15, 0.2) is 23.3 Å². The summed E-state index contributed by atoms with van der Waals surface area (Å²) in [5, 5.41) is 3.41. The summed E-state index contributed by atoms with van der Waals surface area (Å²) in [4.78, 5) is 28.6. The average Bonchev–Trinajstić information content (AvgIpc) is 2.82. The number of aromatic nitrogens is 1. The number of carbonyl (C=O) groups excluding carboxylic acids is 1. The second-order valence-electron chi connectivity index (χ2n) is 8.13. The first-order valence-electron chi connectivity index (χ1n) is 11.8. The number of esters is 1. The Kier molecular flexibility index (Phi) is 11.5. The molecule has 0 bridgehead atoms. The molecule has 0 unspecified atom stereocenters. The molecule has 8 nitrogen and oxygen atoms in total. The number of likely N-dealkylation sites (N-methyl/N-ethyl adjacent to an activating group) is 1. The van der Waals surface area contributed by atoms with Crippen molar-refractivity contribution in [1.29, 1.82) is 0 Å². The molecule has 32 heavy (non-hydrogen) atoms. The van der Waals surface area contributed by atoms with Gasteiger partial charge in [-0.3, -0.25) is 4.79 Å². The number of anilines is 1. The number of guanidine groups is 1. The summed E-state index contributed by atoms with van der Waals surface area (Å²) in [5.74, 6) is 1.91. The zero-order valence-corrected chi connectivity index (χ0v) is 22.1. The highest BCUT2D eigenvalue weighted by Gasteiger charge is 2.27. The number of piperazine rings is 1. The molecule has 0 atom stereocenters. The summed E-state index contributed by atoms with van der Waals surface area (Å²) in [6, 6.07) is 4.22. The normalized spacial score (nSPS) is 18.3. The summed E-state index contributed by atoms with van der Waals surface area (Å²) in [6.45, 7) is 15.0. The van der Waals surface area contributed by atoms with E-state index in [9.17, 15) is 4.79 Å². The Morgan fingerprint density at radius 2 is 1.88 bits per heavy atom. The molecule has 1 aromatic heterocycles. The molecule has 2 fully saturated rings. The van der Waals surface area contributed by atoms with E-state index >= 15 is 0 Å². The fraction of sp³-hybridized carbons (Fsp3) is 0.696. The van der Waals surface area contributed by atoms with Crippen molar-refractivity contribution in [3.8, 4) is 0 Å². The fourth-order valence-corrected chi connectivity index (χ4v) is 4.20. The molecule has 2 aliphatic heterocycles. The van der Waals surface area contributed by atoms with E-state index in [1.807, 2.05) is 19.2 Å². The zero-order valence-electron chi connectivity index (χ0n) is 19.8. The minimum absolute atomic E-state index is 0. The average molecular weight is 559 g/mol. The van der Waals surface area contributed by atoms with Gasteiger partial charge < -0.3 is 24.8 Å². The van der Waals surface area contributed by atoms with Crippen LogP contribution < -0.4 is 10.2 Å². The standard InChI is InChI=1S/C23H38N6O2.HI/c1-4-24-23(29-11-8-20(9-12-29)22(30)31-6-3)26-18-19-7-10-25-21(17-19)28-15-13-27(5-2)14-16-28;/h7,10,17,20H,4-6,8-9,11-16,18H2,1-3H3,(H,24,26);1H. The highest BCUT2D eigenvalue weighted by molar-refractivity contribution is 14.0. The summed E-state index contributed by atoms with van der Waals surface area (Å²) in [6.07, 6.45) is 3.52. The lowest BCUT2D eigenvalue weighted by molar-refractivity contribution is -0.149. The van der Waals surface area contributed by atoms with Crippen molar-refractivity contribution in [1.82, 2.24) is 20.1 Å². The van der Waals surface area contributed by atoms with Gasteiger partial charge >= 0.3 is 5.97 Å². The predicted molar refractivity (Wildman–Crippen MR) is 140 cm³/mol. The number of pyridine rings is 1. The molecule has 1 aromatic rings. The molecule has 2 aliphatic rings. The van der Waals surface area contributed by atoms with Crippen molar-refractivity contribution < 1.29 is 9.53 Å². The number of nitrogens with zero attached hydrogens (tertiary/aromatic N) is 5. The van der Waals surface area contributed by atoms with E-state index < -0.39 is 0 Å². The predicted octanol–water partition coefficient (Wildman–Crippen LogP) is 2.58. The van der Waals surface area contributed by atoms with E-state index in [0.717, 1.165) is 77.0 Å². The molecule has 0 aliphatic carbocycles. The van der Waals surface area contributed by atoms with Crippen molar-refractivity contribution in [3.63, 3.8) is 0 Å². The van der Waals surface area contributed by atoms with Crippen LogP contribution in [-0.4, -0.2) is 85.7 Å². The third-order valence-electron chi connectivity index (χ3n) is 6.11. The molecule has 0 spiro atoms. The van der Waals surface area contributed by atoms with E-state index in [2.05, 4.69) is 44.9 Å². The van der Waals surface area contributed by atoms with Crippen LogP contribution in [0.25, 0.3) is 0 Å². The molecule has 3 rings (SSSR count). The molecular formula is C23H39IN6O2. The largest absolute Gasteiger partial charge is 0.466 e. The van der Waals surface area contributed by atoms with Gasteiger partial charge in [-0.25, -0.2) is 9.98 Å². The number of aliphatic imine (C=N–C) groups is 1. The zero-order chi connectivity index (χ0) is 22.1. The molecular weight excluding hydrogens is 519 g/mol. The number of halogens is 1. The minimum atomic E-state index is -0.0619. The number of ether oxygens (including phenoxy) is 1. The molecule has 180 valence electrons. The van der Waals surface area contributed by atoms with E-state index in [1.165, 1.54) is 5.56 Å². The van der Waals surface area contributed by atoms with Gasteiger partial charge in [-0.05, 0) is 50.9 Å². The summed E-state index contributed by atoms with van der Waals surface area (Å²) in [5.41, 5.74) is 1.17. The first-order chi connectivity index (χ1) is 15.1. The number of hydrogen-bond acceptors (Lipinski definition) is 6. The van der Waals surface area contributed by atoms with Crippen molar-refractivity contribution in [2.75, 3.05) is 63.9 Å². The highest BCUT2D eigenvalue weighted by atomic mass is 127. The lowest BCUT2D eigenvalue weighted by Crippen LogP contribution is -2.46. The number of carbonyl (C=O) groups is 1. The first-order valence-corrected chi connectivity index (χ1v) is 11.8. The second-order valence-corrected chi connectivity index (χ2v) is 8.13. The molecule has 3 heterocycles. The maximum absolute atomic E-state index is 12.0. The molecule has 0 amide bonds. The lowest BCUT2D eigenvalue weighted by Gasteiger charge is -2.35. The molecule has 1 N–H and O–H groups in total. The van der Waals surface area contributed by atoms with Crippen molar-refractivity contribution >= 4 is 41.7 Å². The number of likely N-dealkylation sites (tertiary alicyclic amines) is 1. The third kappa shape index (κ3) is 7.47.